The van der Waals surface area contributed by atoms with Crippen LogP contribution in [0.5, 0.6) is 17.2 Å². The smallest absolute Gasteiger partial charge is 0.126 e. The Hall–Kier alpha value is -3.58. The van der Waals surface area contributed by atoms with Gasteiger partial charge in [-0.3, -0.25) is 0 Å². The highest BCUT2D eigenvalue weighted by Crippen LogP contribution is 2.28. The second-order valence-corrected chi connectivity index (χ2v) is 5.63. The quantitative estimate of drug-likeness (QED) is 0.198. The van der Waals surface area contributed by atoms with Crippen LogP contribution in [-0.4, -0.2) is 39.5 Å². The lowest BCUT2D eigenvalue weighted by molar-refractivity contribution is 0.0887. The molecule has 0 N–H and O–H groups in total. The molecule has 0 amide bonds. The SMILES string of the molecule is [N-]=[N+]=NCCOc1cc(OCCN=[N+]=[N-])cc(OCCOCc2ccccc2)c1. The van der Waals surface area contributed by atoms with Gasteiger partial charge in [0.1, 0.15) is 23.9 Å². The average molecular weight is 398 g/mol. The maximum absolute atomic E-state index is 8.32. The minimum absolute atomic E-state index is 0.210. The van der Waals surface area contributed by atoms with Crippen LogP contribution in [0, 0.1) is 0 Å². The zero-order valence-electron chi connectivity index (χ0n) is 15.9. The minimum atomic E-state index is 0.210. The molecule has 0 saturated heterocycles. The number of hydrogen-bond donors (Lipinski definition) is 0. The number of azide groups is 2. The van der Waals surface area contributed by atoms with Crippen molar-refractivity contribution in [1.82, 2.24) is 0 Å². The van der Waals surface area contributed by atoms with Crippen molar-refractivity contribution in [1.29, 1.82) is 0 Å². The van der Waals surface area contributed by atoms with Crippen molar-refractivity contribution < 1.29 is 18.9 Å². The van der Waals surface area contributed by atoms with E-state index < -0.39 is 0 Å². The standard InChI is InChI=1S/C19H22N6O4/c20-24-22-6-8-27-17-12-18(28-9-7-23-25-21)14-19(13-17)29-11-10-26-15-16-4-2-1-3-5-16/h1-5,12-14H,6-11,15H2. The molecule has 0 unspecified atom stereocenters. The lowest BCUT2D eigenvalue weighted by Gasteiger charge is -2.13. The topological polar surface area (TPSA) is 134 Å². The molecule has 0 heterocycles. The second kappa shape index (κ2) is 13.6. The van der Waals surface area contributed by atoms with Gasteiger partial charge < -0.3 is 18.9 Å². The third-order valence-electron chi connectivity index (χ3n) is 3.51. The summed E-state index contributed by atoms with van der Waals surface area (Å²) in [6.45, 7) is 2.17. The highest BCUT2D eigenvalue weighted by molar-refractivity contribution is 5.42. The maximum atomic E-state index is 8.32. The average Bonchev–Trinajstić information content (AvgIpc) is 2.75. The number of rotatable bonds is 14. The Morgan fingerprint density at radius 1 is 0.690 bits per heavy atom. The van der Waals surface area contributed by atoms with Crippen molar-refractivity contribution in [3.63, 3.8) is 0 Å². The van der Waals surface area contributed by atoms with Gasteiger partial charge in [-0.05, 0) is 16.6 Å². The molecule has 0 aliphatic rings. The molecule has 0 bridgehead atoms. The van der Waals surface area contributed by atoms with Crippen molar-refractivity contribution in [3.8, 4) is 17.2 Å². The summed E-state index contributed by atoms with van der Waals surface area (Å²) < 4.78 is 22.5. The van der Waals surface area contributed by atoms with Crippen LogP contribution in [0.15, 0.2) is 58.8 Å². The van der Waals surface area contributed by atoms with Crippen molar-refractivity contribution >= 4 is 0 Å². The van der Waals surface area contributed by atoms with Gasteiger partial charge in [0, 0.05) is 28.0 Å². The van der Waals surface area contributed by atoms with E-state index >= 15 is 0 Å². The van der Waals surface area contributed by atoms with Gasteiger partial charge in [-0.1, -0.05) is 40.6 Å². The third-order valence-corrected chi connectivity index (χ3v) is 3.51. The molecule has 0 aromatic heterocycles. The fourth-order valence-electron chi connectivity index (χ4n) is 2.28. The monoisotopic (exact) mass is 398 g/mol. The summed E-state index contributed by atoms with van der Waals surface area (Å²) in [4.78, 5) is 5.36. The normalized spacial score (nSPS) is 9.79. The first kappa shape index (κ1) is 21.7. The number of benzene rings is 2. The molecule has 0 aliphatic heterocycles. The molecule has 2 rings (SSSR count). The van der Waals surface area contributed by atoms with Gasteiger partial charge in [0.2, 0.25) is 0 Å². The Kier molecular flexibility index (Phi) is 10.2. The summed E-state index contributed by atoms with van der Waals surface area (Å²) in [7, 11) is 0. The first-order chi connectivity index (χ1) is 14.3. The van der Waals surface area contributed by atoms with E-state index in [4.69, 9.17) is 30.0 Å². The first-order valence-corrected chi connectivity index (χ1v) is 8.98. The molecule has 10 heteroatoms. The summed E-state index contributed by atoms with van der Waals surface area (Å²) in [5.74, 6) is 1.58. The summed E-state index contributed by atoms with van der Waals surface area (Å²) in [6, 6.07) is 15.0. The van der Waals surface area contributed by atoms with Crippen LogP contribution < -0.4 is 14.2 Å². The van der Waals surface area contributed by atoms with Gasteiger partial charge in [0.25, 0.3) is 0 Å². The van der Waals surface area contributed by atoms with Gasteiger partial charge in [-0.2, -0.15) is 0 Å². The molecular weight excluding hydrogens is 376 g/mol. The predicted octanol–water partition coefficient (Wildman–Crippen LogP) is 4.66. The molecule has 0 fully saturated rings. The number of ether oxygens (including phenoxy) is 4. The van der Waals surface area contributed by atoms with Crippen LogP contribution in [-0.2, 0) is 11.3 Å². The molecule has 10 nitrogen and oxygen atoms in total. The maximum Gasteiger partial charge on any atom is 0.126 e. The Morgan fingerprint density at radius 3 is 1.72 bits per heavy atom. The highest BCUT2D eigenvalue weighted by Gasteiger charge is 2.05. The van der Waals surface area contributed by atoms with Crippen LogP contribution in [0.25, 0.3) is 20.9 Å². The highest BCUT2D eigenvalue weighted by atomic mass is 16.5. The van der Waals surface area contributed by atoms with Gasteiger partial charge in [-0.25, -0.2) is 0 Å². The first-order valence-electron chi connectivity index (χ1n) is 8.98. The third kappa shape index (κ3) is 9.25. The van der Waals surface area contributed by atoms with E-state index in [0.29, 0.717) is 37.1 Å². The second-order valence-electron chi connectivity index (χ2n) is 5.63. The molecule has 0 aliphatic carbocycles. The van der Waals surface area contributed by atoms with E-state index in [1.165, 1.54) is 0 Å². The summed E-state index contributed by atoms with van der Waals surface area (Å²) in [6.07, 6.45) is 0. The fourth-order valence-corrected chi connectivity index (χ4v) is 2.28. The molecule has 2 aromatic rings. The van der Waals surface area contributed by atoms with Crippen LogP contribution in [0.4, 0.5) is 0 Å². The van der Waals surface area contributed by atoms with Crippen LogP contribution in [0.2, 0.25) is 0 Å². The zero-order chi connectivity index (χ0) is 20.6. The fraction of sp³-hybridized carbons (Fsp3) is 0.368. The zero-order valence-corrected chi connectivity index (χ0v) is 15.9. The van der Waals surface area contributed by atoms with E-state index in [2.05, 4.69) is 20.1 Å². The van der Waals surface area contributed by atoms with Gasteiger partial charge in [0.15, 0.2) is 0 Å². The van der Waals surface area contributed by atoms with Gasteiger partial charge in [-0.15, -0.1) is 0 Å². The molecule has 2 aromatic carbocycles. The Morgan fingerprint density at radius 2 is 1.21 bits per heavy atom. The van der Waals surface area contributed by atoms with Crippen molar-refractivity contribution in [2.24, 2.45) is 10.2 Å². The van der Waals surface area contributed by atoms with E-state index in [9.17, 15) is 0 Å². The molecule has 0 saturated carbocycles. The summed E-state index contributed by atoms with van der Waals surface area (Å²) in [5, 5.41) is 6.85. The van der Waals surface area contributed by atoms with Crippen molar-refractivity contribution in [2.45, 2.75) is 6.61 Å². The van der Waals surface area contributed by atoms with Crippen molar-refractivity contribution in [2.75, 3.05) is 39.5 Å². The summed E-state index contributed by atoms with van der Waals surface area (Å²) in [5.41, 5.74) is 17.7. The molecule has 0 atom stereocenters. The van der Waals surface area contributed by atoms with Crippen molar-refractivity contribution in [3.05, 3.63) is 75.0 Å². The van der Waals surface area contributed by atoms with Gasteiger partial charge in [0.05, 0.1) is 39.5 Å². The molecule has 29 heavy (non-hydrogen) atoms. The largest absolute Gasteiger partial charge is 0.493 e. The molecule has 152 valence electrons. The van der Waals surface area contributed by atoms with E-state index in [1.54, 1.807) is 18.2 Å². The van der Waals surface area contributed by atoms with E-state index in [0.717, 1.165) is 5.56 Å². The molecule has 0 spiro atoms. The van der Waals surface area contributed by atoms with E-state index in [-0.39, 0.29) is 26.3 Å². The van der Waals surface area contributed by atoms with Crippen LogP contribution in [0.1, 0.15) is 5.56 Å². The number of hydrogen-bond acceptors (Lipinski definition) is 6. The van der Waals surface area contributed by atoms with E-state index in [1.807, 2.05) is 30.3 Å². The Labute approximate surface area is 168 Å². The summed E-state index contributed by atoms with van der Waals surface area (Å²) >= 11 is 0. The Bertz CT molecular complexity index is 794. The lowest BCUT2D eigenvalue weighted by atomic mass is 10.2. The molecular formula is C19H22N6O4. The Balaban J connectivity index is 1.86. The molecule has 0 radical (unpaired) electrons. The minimum Gasteiger partial charge on any atom is -0.493 e. The van der Waals surface area contributed by atoms with Crippen LogP contribution >= 0.6 is 0 Å². The van der Waals surface area contributed by atoms with Gasteiger partial charge >= 0.3 is 0 Å². The lowest BCUT2D eigenvalue weighted by Crippen LogP contribution is -2.08. The number of nitrogens with zero attached hydrogens (tertiary/aromatic N) is 6. The van der Waals surface area contributed by atoms with Crippen LogP contribution in [0.3, 0.4) is 0 Å². The predicted molar refractivity (Wildman–Crippen MR) is 107 cm³/mol.